The minimum Gasteiger partial charge on any atom is -0.481 e. The Kier molecular flexibility index (Phi) is 5.30. The molecule has 0 atom stereocenters. The van der Waals surface area contributed by atoms with Crippen molar-refractivity contribution in [3.8, 4) is 0 Å². The molecular formula is C11H12F3N3O3. The summed E-state index contributed by atoms with van der Waals surface area (Å²) in [6, 6.07) is 0.745. The van der Waals surface area contributed by atoms with Gasteiger partial charge < -0.3 is 10.4 Å². The molecule has 6 nitrogen and oxygen atoms in total. The Morgan fingerprint density at radius 1 is 1.35 bits per heavy atom. The lowest BCUT2D eigenvalue weighted by atomic mass is 10.2. The summed E-state index contributed by atoms with van der Waals surface area (Å²) in [5.74, 6) is -1.23. The maximum Gasteiger partial charge on any atom is 0.416 e. The van der Waals surface area contributed by atoms with Gasteiger partial charge in [0, 0.05) is 19.2 Å². The van der Waals surface area contributed by atoms with Crippen LogP contribution in [0.3, 0.4) is 0 Å². The van der Waals surface area contributed by atoms with E-state index in [4.69, 9.17) is 5.11 Å². The van der Waals surface area contributed by atoms with Crippen LogP contribution in [-0.4, -0.2) is 28.6 Å². The summed E-state index contributed by atoms with van der Waals surface area (Å²) < 4.78 is 37.3. The first-order chi connectivity index (χ1) is 9.29. The van der Waals surface area contributed by atoms with Crippen LogP contribution in [0.25, 0.3) is 0 Å². The standard InChI is InChI=1S/C11H12F3N3O3/c12-11(13,14)7-3-5-15-8(6-7)17-10(20)16-4-1-2-9(18)19/h3,5-6H,1-2,4H2,(H,18,19)(H2,15,16,17,20). The maximum atomic E-state index is 12.4. The zero-order chi connectivity index (χ0) is 15.2. The minimum absolute atomic E-state index is 0.0943. The number of aliphatic carboxylic acids is 1. The highest BCUT2D eigenvalue weighted by atomic mass is 19.4. The van der Waals surface area contributed by atoms with Crippen LogP contribution in [0.4, 0.5) is 23.8 Å². The van der Waals surface area contributed by atoms with E-state index in [1.165, 1.54) is 0 Å². The maximum absolute atomic E-state index is 12.4. The summed E-state index contributed by atoms with van der Waals surface area (Å²) in [5, 5.41) is 12.8. The van der Waals surface area contributed by atoms with Crippen molar-refractivity contribution < 1.29 is 27.9 Å². The van der Waals surface area contributed by atoms with Gasteiger partial charge in [0.05, 0.1) is 5.56 Å². The second-order valence-corrected chi connectivity index (χ2v) is 3.81. The number of pyridine rings is 1. The molecule has 0 fully saturated rings. The highest BCUT2D eigenvalue weighted by Crippen LogP contribution is 2.29. The molecule has 9 heteroatoms. The molecule has 0 unspecified atom stereocenters. The van der Waals surface area contributed by atoms with E-state index in [2.05, 4.69) is 15.6 Å². The fourth-order valence-corrected chi connectivity index (χ4v) is 1.28. The third-order valence-electron chi connectivity index (χ3n) is 2.18. The van der Waals surface area contributed by atoms with Gasteiger partial charge in [0.2, 0.25) is 0 Å². The Bertz CT molecular complexity index is 491. The Hall–Kier alpha value is -2.32. The lowest BCUT2D eigenvalue weighted by molar-refractivity contribution is -0.138. The molecule has 3 N–H and O–H groups in total. The van der Waals surface area contributed by atoms with Gasteiger partial charge in [-0.1, -0.05) is 0 Å². The molecule has 0 saturated heterocycles. The fourth-order valence-electron chi connectivity index (χ4n) is 1.28. The Balaban J connectivity index is 2.48. The number of anilines is 1. The molecule has 0 aliphatic carbocycles. The second kappa shape index (κ2) is 6.73. The first kappa shape index (κ1) is 15.7. The summed E-state index contributed by atoms with van der Waals surface area (Å²) in [5.41, 5.74) is -0.923. The van der Waals surface area contributed by atoms with Crippen molar-refractivity contribution in [2.45, 2.75) is 19.0 Å². The first-order valence-corrected chi connectivity index (χ1v) is 5.59. The van der Waals surface area contributed by atoms with Crippen LogP contribution < -0.4 is 10.6 Å². The number of halogens is 3. The van der Waals surface area contributed by atoms with E-state index in [9.17, 15) is 22.8 Å². The van der Waals surface area contributed by atoms with E-state index in [0.29, 0.717) is 6.07 Å². The molecule has 20 heavy (non-hydrogen) atoms. The Morgan fingerprint density at radius 2 is 2.05 bits per heavy atom. The van der Waals surface area contributed by atoms with Gasteiger partial charge in [-0.3, -0.25) is 10.1 Å². The van der Waals surface area contributed by atoms with E-state index >= 15 is 0 Å². The number of hydrogen-bond acceptors (Lipinski definition) is 3. The number of carboxylic acids is 1. The van der Waals surface area contributed by atoms with Crippen molar-refractivity contribution in [3.05, 3.63) is 23.9 Å². The molecule has 0 spiro atoms. The van der Waals surface area contributed by atoms with E-state index in [1.54, 1.807) is 0 Å². The summed E-state index contributed by atoms with van der Waals surface area (Å²) in [6.45, 7) is 0.0943. The Labute approximate surface area is 112 Å². The summed E-state index contributed by atoms with van der Waals surface area (Å²) in [4.78, 5) is 25.1. The molecule has 1 rings (SSSR count). The van der Waals surface area contributed by atoms with Gasteiger partial charge in [-0.25, -0.2) is 9.78 Å². The van der Waals surface area contributed by atoms with Gasteiger partial charge in [-0.05, 0) is 18.6 Å². The van der Waals surface area contributed by atoms with Crippen LogP contribution >= 0.6 is 0 Å². The smallest absolute Gasteiger partial charge is 0.416 e. The predicted octanol–water partition coefficient (Wildman–Crippen LogP) is 2.09. The average molecular weight is 291 g/mol. The fraction of sp³-hybridized carbons (Fsp3) is 0.364. The van der Waals surface area contributed by atoms with E-state index in [1.807, 2.05) is 0 Å². The second-order valence-electron chi connectivity index (χ2n) is 3.81. The molecule has 0 bridgehead atoms. The van der Waals surface area contributed by atoms with Crippen LogP contribution in [-0.2, 0) is 11.0 Å². The molecule has 110 valence electrons. The Morgan fingerprint density at radius 3 is 2.65 bits per heavy atom. The van der Waals surface area contributed by atoms with Crippen LogP contribution in [0.15, 0.2) is 18.3 Å². The number of carbonyl (C=O) groups excluding carboxylic acids is 1. The van der Waals surface area contributed by atoms with Crippen molar-refractivity contribution >= 4 is 17.8 Å². The van der Waals surface area contributed by atoms with Crippen LogP contribution in [0.2, 0.25) is 0 Å². The number of carbonyl (C=O) groups is 2. The molecule has 0 aliphatic rings. The highest BCUT2D eigenvalue weighted by molar-refractivity contribution is 5.88. The number of nitrogens with one attached hydrogen (secondary N) is 2. The summed E-state index contributed by atoms with van der Waals surface area (Å²) in [6.07, 6.45) is -3.47. The number of alkyl halides is 3. The molecule has 1 heterocycles. The largest absolute Gasteiger partial charge is 0.481 e. The quantitative estimate of drug-likeness (QED) is 0.724. The van der Waals surface area contributed by atoms with Gasteiger partial charge in [0.15, 0.2) is 0 Å². The molecule has 0 saturated carbocycles. The number of hydrogen-bond donors (Lipinski definition) is 3. The van der Waals surface area contributed by atoms with E-state index < -0.39 is 23.7 Å². The van der Waals surface area contributed by atoms with Gasteiger partial charge in [-0.2, -0.15) is 13.2 Å². The number of nitrogens with zero attached hydrogens (tertiary/aromatic N) is 1. The topological polar surface area (TPSA) is 91.3 Å². The van der Waals surface area contributed by atoms with Gasteiger partial charge in [0.25, 0.3) is 0 Å². The van der Waals surface area contributed by atoms with Gasteiger partial charge in [0.1, 0.15) is 5.82 Å². The van der Waals surface area contributed by atoms with E-state index in [-0.39, 0.29) is 25.2 Å². The number of rotatable bonds is 5. The molecular weight excluding hydrogens is 279 g/mol. The summed E-state index contributed by atoms with van der Waals surface area (Å²) in [7, 11) is 0. The zero-order valence-corrected chi connectivity index (χ0v) is 10.2. The van der Waals surface area contributed by atoms with Crippen LogP contribution in [0, 0.1) is 0 Å². The highest BCUT2D eigenvalue weighted by Gasteiger charge is 2.30. The van der Waals surface area contributed by atoms with Crippen molar-refractivity contribution in [2.24, 2.45) is 0 Å². The van der Waals surface area contributed by atoms with Crippen molar-refractivity contribution in [3.63, 3.8) is 0 Å². The number of aromatic nitrogens is 1. The van der Waals surface area contributed by atoms with Gasteiger partial charge >= 0.3 is 18.2 Å². The normalized spacial score (nSPS) is 10.9. The lowest BCUT2D eigenvalue weighted by Crippen LogP contribution is -2.30. The molecule has 0 aromatic carbocycles. The number of amides is 2. The van der Waals surface area contributed by atoms with Crippen molar-refractivity contribution in [2.75, 3.05) is 11.9 Å². The molecule has 0 aliphatic heterocycles. The lowest BCUT2D eigenvalue weighted by Gasteiger charge is -2.09. The van der Waals surface area contributed by atoms with Crippen molar-refractivity contribution in [1.82, 2.24) is 10.3 Å². The molecule has 1 aromatic rings. The third kappa shape index (κ3) is 5.55. The van der Waals surface area contributed by atoms with E-state index in [0.717, 1.165) is 12.3 Å². The number of urea groups is 1. The number of carboxylic acid groups (broad SMARTS) is 1. The van der Waals surface area contributed by atoms with Crippen molar-refractivity contribution in [1.29, 1.82) is 0 Å². The van der Waals surface area contributed by atoms with Crippen LogP contribution in [0.1, 0.15) is 18.4 Å². The summed E-state index contributed by atoms with van der Waals surface area (Å²) >= 11 is 0. The zero-order valence-electron chi connectivity index (χ0n) is 10.2. The molecule has 0 radical (unpaired) electrons. The first-order valence-electron chi connectivity index (χ1n) is 5.59. The monoisotopic (exact) mass is 291 g/mol. The van der Waals surface area contributed by atoms with Crippen LogP contribution in [0.5, 0.6) is 0 Å². The predicted molar refractivity (Wildman–Crippen MR) is 63.1 cm³/mol. The molecule has 2 amide bonds. The minimum atomic E-state index is -4.52. The third-order valence-corrected chi connectivity index (χ3v) is 2.18. The van der Waals surface area contributed by atoms with Gasteiger partial charge in [-0.15, -0.1) is 0 Å². The SMILES string of the molecule is O=C(O)CCCNC(=O)Nc1cc(C(F)(F)F)ccn1. The molecule has 1 aromatic heterocycles. The average Bonchev–Trinajstić information content (AvgIpc) is 2.34.